The second-order valence-corrected chi connectivity index (χ2v) is 4.43. The average molecular weight is 212 g/mol. The van der Waals surface area contributed by atoms with Gasteiger partial charge in [0.15, 0.2) is 0 Å². The third-order valence-corrected chi connectivity index (χ3v) is 3.44. The van der Waals surface area contributed by atoms with Crippen molar-refractivity contribution in [1.29, 1.82) is 0 Å². The zero-order valence-electron chi connectivity index (χ0n) is 9.37. The zero-order chi connectivity index (χ0) is 10.7. The molecule has 2 unspecified atom stereocenters. The number of carbonyl (C=O) groups excluding carboxylic acids is 1. The monoisotopic (exact) mass is 212 g/mol. The summed E-state index contributed by atoms with van der Waals surface area (Å²) in [5.74, 6) is 0.319. The van der Waals surface area contributed by atoms with E-state index in [0.717, 1.165) is 25.9 Å². The summed E-state index contributed by atoms with van der Waals surface area (Å²) in [5, 5.41) is 3.16. The fourth-order valence-electron chi connectivity index (χ4n) is 2.43. The highest BCUT2D eigenvalue weighted by Gasteiger charge is 2.35. The zero-order valence-corrected chi connectivity index (χ0v) is 9.37. The minimum Gasteiger partial charge on any atom is -0.379 e. The van der Waals surface area contributed by atoms with Crippen LogP contribution in [0.5, 0.6) is 0 Å². The number of piperidine rings is 1. The lowest BCUT2D eigenvalue weighted by atomic mass is 10.0. The van der Waals surface area contributed by atoms with E-state index in [2.05, 4.69) is 5.32 Å². The summed E-state index contributed by atoms with van der Waals surface area (Å²) in [6.45, 7) is 3.12. The molecule has 2 heterocycles. The second-order valence-electron chi connectivity index (χ2n) is 4.43. The Hall–Kier alpha value is -0.610. The van der Waals surface area contributed by atoms with Crippen LogP contribution in [0.15, 0.2) is 0 Å². The van der Waals surface area contributed by atoms with Gasteiger partial charge < -0.3 is 15.0 Å². The molecule has 0 saturated carbocycles. The van der Waals surface area contributed by atoms with Crippen LogP contribution in [0.2, 0.25) is 0 Å². The fraction of sp³-hybridized carbons (Fsp3) is 0.909. The predicted octanol–water partition coefficient (Wildman–Crippen LogP) is 0.233. The van der Waals surface area contributed by atoms with Crippen LogP contribution in [0.4, 0.5) is 0 Å². The van der Waals surface area contributed by atoms with Gasteiger partial charge in [0.25, 0.3) is 0 Å². The number of nitrogens with zero attached hydrogens (tertiary/aromatic N) is 1. The molecule has 2 aliphatic heterocycles. The van der Waals surface area contributed by atoms with Gasteiger partial charge in [-0.1, -0.05) is 0 Å². The Kier molecular flexibility index (Phi) is 3.59. The van der Waals surface area contributed by atoms with Crippen LogP contribution < -0.4 is 5.32 Å². The molecule has 4 heteroatoms. The maximum absolute atomic E-state index is 12.2. The van der Waals surface area contributed by atoms with Gasteiger partial charge in [-0.15, -0.1) is 0 Å². The van der Waals surface area contributed by atoms with E-state index < -0.39 is 0 Å². The molecule has 0 aromatic heterocycles. The molecule has 86 valence electrons. The van der Waals surface area contributed by atoms with Gasteiger partial charge in [0, 0.05) is 19.1 Å². The number of rotatable bonds is 2. The first-order chi connectivity index (χ1) is 7.33. The van der Waals surface area contributed by atoms with E-state index in [1.807, 2.05) is 11.9 Å². The molecule has 0 aromatic carbocycles. The Morgan fingerprint density at radius 3 is 2.67 bits per heavy atom. The Labute approximate surface area is 91.0 Å². The molecule has 2 fully saturated rings. The number of likely N-dealkylation sites (N-methyl/N-ethyl adjacent to an activating group) is 1. The van der Waals surface area contributed by atoms with Gasteiger partial charge in [0.1, 0.15) is 0 Å². The van der Waals surface area contributed by atoms with Gasteiger partial charge in [0.05, 0.1) is 19.1 Å². The topological polar surface area (TPSA) is 41.6 Å². The van der Waals surface area contributed by atoms with Crippen molar-refractivity contribution in [2.24, 2.45) is 5.92 Å². The molecule has 2 aliphatic rings. The lowest BCUT2D eigenvalue weighted by molar-refractivity contribution is -0.136. The molecular weight excluding hydrogens is 192 g/mol. The quantitative estimate of drug-likeness (QED) is 0.712. The number of likely N-dealkylation sites (tertiary alicyclic amines) is 1. The first-order valence-corrected chi connectivity index (χ1v) is 5.86. The smallest absolute Gasteiger partial charge is 0.229 e. The van der Waals surface area contributed by atoms with Crippen LogP contribution in [0.3, 0.4) is 0 Å². The highest BCUT2D eigenvalue weighted by Crippen LogP contribution is 2.19. The fourth-order valence-corrected chi connectivity index (χ4v) is 2.43. The van der Waals surface area contributed by atoms with Crippen molar-refractivity contribution >= 4 is 5.91 Å². The predicted molar refractivity (Wildman–Crippen MR) is 57.6 cm³/mol. The van der Waals surface area contributed by atoms with Crippen LogP contribution in [-0.4, -0.2) is 50.2 Å². The first-order valence-electron chi connectivity index (χ1n) is 5.86. The first kappa shape index (κ1) is 10.9. The average Bonchev–Trinajstić information content (AvgIpc) is 2.77. The molecular formula is C11H20N2O2. The second kappa shape index (κ2) is 4.94. The standard InChI is InChI=1S/C11H20N2O2/c1-12-10-8-15-7-9(10)11(14)13-5-3-2-4-6-13/h9-10,12H,2-8H2,1H3. The number of hydrogen-bond acceptors (Lipinski definition) is 3. The molecule has 4 nitrogen and oxygen atoms in total. The van der Waals surface area contributed by atoms with Crippen molar-refractivity contribution in [3.8, 4) is 0 Å². The molecule has 2 atom stereocenters. The highest BCUT2D eigenvalue weighted by atomic mass is 16.5. The Morgan fingerprint density at radius 2 is 2.00 bits per heavy atom. The summed E-state index contributed by atoms with van der Waals surface area (Å²) < 4.78 is 5.36. The molecule has 0 radical (unpaired) electrons. The molecule has 1 amide bonds. The maximum atomic E-state index is 12.2. The summed E-state index contributed by atoms with van der Waals surface area (Å²) in [4.78, 5) is 14.2. The van der Waals surface area contributed by atoms with Crippen LogP contribution in [0.1, 0.15) is 19.3 Å². The number of carbonyl (C=O) groups is 1. The summed E-state index contributed by atoms with van der Waals surface area (Å²) in [5.41, 5.74) is 0. The Balaban J connectivity index is 1.93. The molecule has 2 rings (SSSR count). The van der Waals surface area contributed by atoms with Crippen molar-refractivity contribution < 1.29 is 9.53 Å². The number of hydrogen-bond donors (Lipinski definition) is 1. The van der Waals surface area contributed by atoms with E-state index in [1.54, 1.807) is 0 Å². The van der Waals surface area contributed by atoms with Crippen molar-refractivity contribution in [3.63, 3.8) is 0 Å². The SMILES string of the molecule is CNC1COCC1C(=O)N1CCCCC1. The van der Waals surface area contributed by atoms with Crippen LogP contribution in [-0.2, 0) is 9.53 Å². The largest absolute Gasteiger partial charge is 0.379 e. The van der Waals surface area contributed by atoms with Crippen molar-refractivity contribution in [2.45, 2.75) is 25.3 Å². The minimum absolute atomic E-state index is 0.0353. The van der Waals surface area contributed by atoms with Crippen LogP contribution in [0, 0.1) is 5.92 Å². The van der Waals surface area contributed by atoms with Crippen molar-refractivity contribution in [2.75, 3.05) is 33.4 Å². The van der Waals surface area contributed by atoms with E-state index >= 15 is 0 Å². The van der Waals surface area contributed by atoms with Crippen molar-refractivity contribution in [1.82, 2.24) is 10.2 Å². The van der Waals surface area contributed by atoms with E-state index in [9.17, 15) is 4.79 Å². The molecule has 15 heavy (non-hydrogen) atoms. The third-order valence-electron chi connectivity index (χ3n) is 3.44. The van der Waals surface area contributed by atoms with Gasteiger partial charge in [0.2, 0.25) is 5.91 Å². The van der Waals surface area contributed by atoms with E-state index in [4.69, 9.17) is 4.74 Å². The van der Waals surface area contributed by atoms with Gasteiger partial charge in [-0.05, 0) is 26.3 Å². The van der Waals surface area contributed by atoms with Gasteiger partial charge in [-0.3, -0.25) is 4.79 Å². The summed E-state index contributed by atoms with van der Waals surface area (Å²) in [7, 11) is 1.90. The summed E-state index contributed by atoms with van der Waals surface area (Å²) in [6, 6.07) is 0.208. The Morgan fingerprint density at radius 1 is 1.27 bits per heavy atom. The van der Waals surface area contributed by atoms with Gasteiger partial charge in [-0.25, -0.2) is 0 Å². The molecule has 0 spiro atoms. The normalized spacial score (nSPS) is 31.9. The molecule has 2 saturated heterocycles. The number of nitrogens with one attached hydrogen (secondary N) is 1. The third kappa shape index (κ3) is 2.32. The lowest BCUT2D eigenvalue weighted by Crippen LogP contribution is -2.46. The lowest BCUT2D eigenvalue weighted by Gasteiger charge is -2.30. The maximum Gasteiger partial charge on any atom is 0.229 e. The van der Waals surface area contributed by atoms with Crippen molar-refractivity contribution in [3.05, 3.63) is 0 Å². The molecule has 1 N–H and O–H groups in total. The summed E-state index contributed by atoms with van der Waals surface area (Å²) >= 11 is 0. The Bertz CT molecular complexity index is 227. The summed E-state index contributed by atoms with van der Waals surface area (Å²) in [6.07, 6.45) is 3.58. The number of amides is 1. The van der Waals surface area contributed by atoms with Crippen LogP contribution >= 0.6 is 0 Å². The molecule has 0 aromatic rings. The molecule has 0 bridgehead atoms. The van der Waals surface area contributed by atoms with E-state index in [-0.39, 0.29) is 17.9 Å². The number of ether oxygens (including phenoxy) is 1. The van der Waals surface area contributed by atoms with Gasteiger partial charge >= 0.3 is 0 Å². The van der Waals surface area contributed by atoms with Crippen LogP contribution in [0.25, 0.3) is 0 Å². The van der Waals surface area contributed by atoms with E-state index in [0.29, 0.717) is 13.2 Å². The van der Waals surface area contributed by atoms with Gasteiger partial charge in [-0.2, -0.15) is 0 Å². The molecule has 0 aliphatic carbocycles. The minimum atomic E-state index is 0.0353. The highest BCUT2D eigenvalue weighted by molar-refractivity contribution is 5.80. The van der Waals surface area contributed by atoms with E-state index in [1.165, 1.54) is 6.42 Å².